The number of aromatic nitrogens is 1. The van der Waals surface area contributed by atoms with Crippen LogP contribution in [-0.2, 0) is 0 Å². The van der Waals surface area contributed by atoms with Crippen molar-refractivity contribution in [3.05, 3.63) is 65.2 Å². The maximum Gasteiger partial charge on any atom is 0.198 e. The second-order valence-electron chi connectivity index (χ2n) is 4.99. The number of nitrogens with one attached hydrogen (secondary N) is 1. The van der Waals surface area contributed by atoms with Crippen LogP contribution in [0.15, 0.2) is 53.3 Å². The van der Waals surface area contributed by atoms with Crippen LogP contribution in [0.5, 0.6) is 0 Å². The summed E-state index contributed by atoms with van der Waals surface area (Å²) < 4.78 is 5.24. The van der Waals surface area contributed by atoms with E-state index in [9.17, 15) is 0 Å². The van der Waals surface area contributed by atoms with Gasteiger partial charge >= 0.3 is 0 Å². The van der Waals surface area contributed by atoms with Gasteiger partial charge in [0.1, 0.15) is 0 Å². The highest BCUT2D eigenvalue weighted by Crippen LogP contribution is 2.30. The van der Waals surface area contributed by atoms with E-state index in [0.717, 1.165) is 35.0 Å². The van der Waals surface area contributed by atoms with E-state index in [1.807, 2.05) is 18.3 Å². The molecule has 0 aliphatic rings. The molecule has 0 aliphatic heterocycles. The van der Waals surface area contributed by atoms with E-state index in [0.29, 0.717) is 5.22 Å². The average molecular weight is 301 g/mol. The van der Waals surface area contributed by atoms with E-state index in [1.54, 1.807) is 6.26 Å². The Hall–Kier alpha value is -1.84. The fourth-order valence-corrected chi connectivity index (χ4v) is 2.69. The molecule has 1 aromatic carbocycles. The number of pyridine rings is 1. The Morgan fingerprint density at radius 1 is 1.29 bits per heavy atom. The second-order valence-corrected chi connectivity index (χ2v) is 5.34. The van der Waals surface area contributed by atoms with Crippen LogP contribution >= 0.6 is 11.6 Å². The molecule has 0 saturated heterocycles. The number of rotatable bonds is 5. The molecule has 1 atom stereocenters. The van der Waals surface area contributed by atoms with Crippen molar-refractivity contribution in [2.45, 2.75) is 19.4 Å². The molecule has 0 saturated carbocycles. The van der Waals surface area contributed by atoms with Crippen molar-refractivity contribution in [2.75, 3.05) is 6.54 Å². The molecule has 21 heavy (non-hydrogen) atoms. The lowest BCUT2D eigenvalue weighted by atomic mass is 9.99. The predicted octanol–water partition coefficient (Wildman–Crippen LogP) is 4.57. The molecule has 3 nitrogen and oxygen atoms in total. The van der Waals surface area contributed by atoms with Gasteiger partial charge in [0.25, 0.3) is 0 Å². The third-order valence-electron chi connectivity index (χ3n) is 3.52. The Morgan fingerprint density at radius 3 is 2.95 bits per heavy atom. The third kappa shape index (κ3) is 2.94. The molecule has 0 amide bonds. The molecule has 0 fully saturated rings. The first-order chi connectivity index (χ1) is 10.3. The smallest absolute Gasteiger partial charge is 0.198 e. The highest BCUT2D eigenvalue weighted by atomic mass is 35.5. The molecule has 0 aliphatic carbocycles. The van der Waals surface area contributed by atoms with Gasteiger partial charge in [-0.25, -0.2) is 0 Å². The van der Waals surface area contributed by atoms with Crippen molar-refractivity contribution < 1.29 is 4.42 Å². The molecule has 108 valence electrons. The molecule has 0 radical (unpaired) electrons. The van der Waals surface area contributed by atoms with Gasteiger partial charge in [0, 0.05) is 17.1 Å². The number of hydrogen-bond donors (Lipinski definition) is 1. The van der Waals surface area contributed by atoms with Gasteiger partial charge in [0.05, 0.1) is 17.8 Å². The lowest BCUT2D eigenvalue weighted by Gasteiger charge is -2.18. The van der Waals surface area contributed by atoms with Gasteiger partial charge < -0.3 is 9.73 Å². The molecule has 0 spiro atoms. The first-order valence-electron chi connectivity index (χ1n) is 7.10. The summed E-state index contributed by atoms with van der Waals surface area (Å²) >= 11 is 6.16. The largest absolute Gasteiger partial charge is 0.453 e. The lowest BCUT2D eigenvalue weighted by molar-refractivity contribution is 0.550. The minimum atomic E-state index is 0.0163. The number of fused-ring (bicyclic) bond motifs is 1. The zero-order valence-electron chi connectivity index (χ0n) is 11.8. The zero-order valence-corrected chi connectivity index (χ0v) is 12.6. The van der Waals surface area contributed by atoms with Gasteiger partial charge in [-0.3, -0.25) is 4.98 Å². The van der Waals surface area contributed by atoms with E-state index in [4.69, 9.17) is 16.0 Å². The molecule has 4 heteroatoms. The summed E-state index contributed by atoms with van der Waals surface area (Å²) in [7, 11) is 0. The number of halogens is 1. The molecule has 0 bridgehead atoms. The standard InChI is InChI=1S/C17H17ClN2O/c1-2-8-20-16(14-7-10-21-17(14)18)13-6-5-12-4-3-9-19-15(12)11-13/h3-7,9-11,16,20H,2,8H2,1H3. The fourth-order valence-electron chi connectivity index (χ4n) is 2.47. The molecule has 3 aromatic rings. The Morgan fingerprint density at radius 2 is 2.19 bits per heavy atom. The van der Waals surface area contributed by atoms with E-state index < -0.39 is 0 Å². The Bertz CT molecular complexity index is 738. The Labute approximate surface area is 128 Å². The Kier molecular flexibility index (Phi) is 4.23. The maximum absolute atomic E-state index is 6.16. The quantitative estimate of drug-likeness (QED) is 0.750. The zero-order chi connectivity index (χ0) is 14.7. The average Bonchev–Trinajstić information content (AvgIpc) is 2.94. The summed E-state index contributed by atoms with van der Waals surface area (Å²) in [6.45, 7) is 3.05. The highest BCUT2D eigenvalue weighted by Gasteiger charge is 2.18. The molecule has 2 aromatic heterocycles. The summed E-state index contributed by atoms with van der Waals surface area (Å²) in [5, 5.41) is 5.09. The molecule has 3 rings (SSSR count). The van der Waals surface area contributed by atoms with Gasteiger partial charge in [-0.2, -0.15) is 0 Å². The van der Waals surface area contributed by atoms with Gasteiger partial charge in [-0.1, -0.05) is 25.1 Å². The molecule has 2 heterocycles. The van der Waals surface area contributed by atoms with Crippen molar-refractivity contribution in [3.8, 4) is 0 Å². The molecular weight excluding hydrogens is 284 g/mol. The Balaban J connectivity index is 2.03. The third-order valence-corrected chi connectivity index (χ3v) is 3.83. The van der Waals surface area contributed by atoms with E-state index in [-0.39, 0.29) is 6.04 Å². The van der Waals surface area contributed by atoms with Crippen LogP contribution in [0.2, 0.25) is 5.22 Å². The minimum absolute atomic E-state index is 0.0163. The summed E-state index contributed by atoms with van der Waals surface area (Å²) in [6, 6.07) is 12.2. The van der Waals surface area contributed by atoms with Crippen molar-refractivity contribution in [2.24, 2.45) is 0 Å². The molecular formula is C17H17ClN2O. The monoisotopic (exact) mass is 300 g/mol. The minimum Gasteiger partial charge on any atom is -0.453 e. The fraction of sp³-hybridized carbons (Fsp3) is 0.235. The molecule has 1 N–H and O–H groups in total. The predicted molar refractivity (Wildman–Crippen MR) is 85.6 cm³/mol. The van der Waals surface area contributed by atoms with E-state index in [1.165, 1.54) is 0 Å². The van der Waals surface area contributed by atoms with E-state index >= 15 is 0 Å². The topological polar surface area (TPSA) is 38.1 Å². The first kappa shape index (κ1) is 14.1. The summed E-state index contributed by atoms with van der Waals surface area (Å²) in [5.41, 5.74) is 3.08. The highest BCUT2D eigenvalue weighted by molar-refractivity contribution is 6.29. The van der Waals surface area contributed by atoms with E-state index in [2.05, 4.69) is 41.5 Å². The van der Waals surface area contributed by atoms with Crippen molar-refractivity contribution in [3.63, 3.8) is 0 Å². The SMILES string of the molecule is CCCNC(c1ccc2cccnc2c1)c1ccoc1Cl. The van der Waals surface area contributed by atoms with Crippen LogP contribution in [0.4, 0.5) is 0 Å². The summed E-state index contributed by atoms with van der Waals surface area (Å²) in [4.78, 5) is 4.42. The lowest BCUT2D eigenvalue weighted by Crippen LogP contribution is -2.23. The van der Waals surface area contributed by atoms with Gasteiger partial charge in [-0.05, 0) is 48.3 Å². The van der Waals surface area contributed by atoms with Crippen LogP contribution in [0, 0.1) is 0 Å². The van der Waals surface area contributed by atoms with Crippen LogP contribution in [0.3, 0.4) is 0 Å². The van der Waals surface area contributed by atoms with Crippen molar-refractivity contribution in [1.29, 1.82) is 0 Å². The van der Waals surface area contributed by atoms with Crippen LogP contribution in [0.1, 0.15) is 30.5 Å². The normalized spacial score (nSPS) is 12.7. The second kappa shape index (κ2) is 6.29. The number of hydrogen-bond acceptors (Lipinski definition) is 3. The van der Waals surface area contributed by atoms with Crippen LogP contribution in [-0.4, -0.2) is 11.5 Å². The van der Waals surface area contributed by atoms with Crippen LogP contribution < -0.4 is 5.32 Å². The maximum atomic E-state index is 6.16. The summed E-state index contributed by atoms with van der Waals surface area (Å²) in [6.07, 6.45) is 4.49. The van der Waals surface area contributed by atoms with Gasteiger partial charge in [0.15, 0.2) is 5.22 Å². The van der Waals surface area contributed by atoms with Crippen molar-refractivity contribution >= 4 is 22.5 Å². The number of nitrogens with zero attached hydrogens (tertiary/aromatic N) is 1. The van der Waals surface area contributed by atoms with Crippen LogP contribution in [0.25, 0.3) is 10.9 Å². The van der Waals surface area contributed by atoms with Crippen molar-refractivity contribution in [1.82, 2.24) is 10.3 Å². The molecule has 1 unspecified atom stereocenters. The number of furan rings is 1. The van der Waals surface area contributed by atoms with Gasteiger partial charge in [-0.15, -0.1) is 0 Å². The summed E-state index contributed by atoms with van der Waals surface area (Å²) in [5.74, 6) is 0. The number of benzene rings is 1. The van der Waals surface area contributed by atoms with Gasteiger partial charge in [0.2, 0.25) is 0 Å². The first-order valence-corrected chi connectivity index (χ1v) is 7.48.